The molecule has 0 fully saturated rings. The largest absolute Gasteiger partial charge is 0.438 e. The quantitative estimate of drug-likeness (QED) is 0.790. The molecule has 0 unspecified atom stereocenters. The molecule has 0 saturated carbocycles. The summed E-state index contributed by atoms with van der Waals surface area (Å²) in [6.45, 7) is 0.671. The van der Waals surface area contributed by atoms with E-state index in [9.17, 15) is 0 Å². The average Bonchev–Trinajstić information content (AvgIpc) is 2.70. The standard InChI is InChI=1S/C7H8N4OS/c1-8-2-5-3-9-7(12-5)6-4-13-11-10-6/h3-4,8H,2H2,1H3. The van der Waals surface area contributed by atoms with E-state index in [4.69, 9.17) is 4.42 Å². The monoisotopic (exact) mass is 196 g/mol. The first-order valence-electron chi connectivity index (χ1n) is 3.77. The Balaban J connectivity index is 2.23. The van der Waals surface area contributed by atoms with E-state index in [1.165, 1.54) is 11.5 Å². The van der Waals surface area contributed by atoms with Gasteiger partial charge in [0.25, 0.3) is 0 Å². The van der Waals surface area contributed by atoms with E-state index in [-0.39, 0.29) is 0 Å². The van der Waals surface area contributed by atoms with Gasteiger partial charge in [0.2, 0.25) is 5.89 Å². The summed E-state index contributed by atoms with van der Waals surface area (Å²) >= 11 is 1.28. The normalized spacial score (nSPS) is 10.5. The zero-order valence-electron chi connectivity index (χ0n) is 7.02. The van der Waals surface area contributed by atoms with E-state index >= 15 is 0 Å². The van der Waals surface area contributed by atoms with E-state index in [1.807, 2.05) is 7.05 Å². The molecule has 0 aliphatic carbocycles. The van der Waals surface area contributed by atoms with Crippen molar-refractivity contribution in [3.63, 3.8) is 0 Å². The Bertz CT molecular complexity index is 370. The predicted octanol–water partition coefficient (Wildman–Crippen LogP) is 0.913. The van der Waals surface area contributed by atoms with Crippen LogP contribution in [0.3, 0.4) is 0 Å². The van der Waals surface area contributed by atoms with Gasteiger partial charge in [-0.15, -0.1) is 5.10 Å². The molecule has 0 amide bonds. The summed E-state index contributed by atoms with van der Waals surface area (Å²) in [4.78, 5) is 4.07. The molecule has 0 saturated heterocycles. The van der Waals surface area contributed by atoms with Gasteiger partial charge in [-0.2, -0.15) is 0 Å². The molecular weight excluding hydrogens is 188 g/mol. The lowest BCUT2D eigenvalue weighted by Crippen LogP contribution is -2.03. The van der Waals surface area contributed by atoms with Gasteiger partial charge in [0.1, 0.15) is 5.76 Å². The van der Waals surface area contributed by atoms with Crippen LogP contribution in [0.4, 0.5) is 0 Å². The third kappa shape index (κ3) is 1.73. The molecule has 0 radical (unpaired) electrons. The van der Waals surface area contributed by atoms with Crippen LogP contribution in [0.15, 0.2) is 16.0 Å². The second kappa shape index (κ2) is 3.63. The highest BCUT2D eigenvalue weighted by Crippen LogP contribution is 2.16. The number of nitrogens with zero attached hydrogens (tertiary/aromatic N) is 3. The fraction of sp³-hybridized carbons (Fsp3) is 0.286. The fourth-order valence-corrected chi connectivity index (χ4v) is 1.37. The zero-order chi connectivity index (χ0) is 9.10. The van der Waals surface area contributed by atoms with Crippen molar-refractivity contribution in [1.82, 2.24) is 19.9 Å². The van der Waals surface area contributed by atoms with E-state index in [1.54, 1.807) is 11.6 Å². The highest BCUT2D eigenvalue weighted by atomic mass is 32.1. The van der Waals surface area contributed by atoms with E-state index < -0.39 is 0 Å². The van der Waals surface area contributed by atoms with Crippen LogP contribution >= 0.6 is 11.5 Å². The number of rotatable bonds is 3. The molecule has 5 nitrogen and oxygen atoms in total. The van der Waals surface area contributed by atoms with E-state index in [0.717, 1.165) is 5.76 Å². The Morgan fingerprint density at radius 1 is 1.62 bits per heavy atom. The molecule has 2 aromatic rings. The SMILES string of the molecule is CNCc1cnc(-c2csnn2)o1. The maximum Gasteiger partial charge on any atom is 0.248 e. The van der Waals surface area contributed by atoms with Gasteiger partial charge in [-0.25, -0.2) is 4.98 Å². The summed E-state index contributed by atoms with van der Waals surface area (Å²) in [6, 6.07) is 0. The topological polar surface area (TPSA) is 63.8 Å². The van der Waals surface area contributed by atoms with Gasteiger partial charge in [-0.1, -0.05) is 4.49 Å². The molecule has 2 heterocycles. The minimum absolute atomic E-state index is 0.527. The molecule has 68 valence electrons. The molecule has 13 heavy (non-hydrogen) atoms. The Kier molecular flexibility index (Phi) is 2.33. The van der Waals surface area contributed by atoms with Gasteiger partial charge >= 0.3 is 0 Å². The summed E-state index contributed by atoms with van der Waals surface area (Å²) in [5, 5.41) is 8.63. The van der Waals surface area contributed by atoms with Crippen molar-refractivity contribution in [3.05, 3.63) is 17.3 Å². The highest BCUT2D eigenvalue weighted by molar-refractivity contribution is 7.03. The molecule has 0 aliphatic heterocycles. The second-order valence-corrected chi connectivity index (χ2v) is 3.06. The molecule has 6 heteroatoms. The third-order valence-corrected chi connectivity index (χ3v) is 1.99. The van der Waals surface area contributed by atoms with Crippen LogP contribution in [0.2, 0.25) is 0 Å². The Morgan fingerprint density at radius 3 is 3.23 bits per heavy atom. The average molecular weight is 196 g/mol. The first-order valence-corrected chi connectivity index (χ1v) is 4.60. The van der Waals surface area contributed by atoms with Crippen LogP contribution < -0.4 is 5.32 Å². The van der Waals surface area contributed by atoms with Crippen LogP contribution in [0.1, 0.15) is 5.76 Å². The first-order chi connectivity index (χ1) is 6.40. The fourth-order valence-electron chi connectivity index (χ4n) is 0.940. The highest BCUT2D eigenvalue weighted by Gasteiger charge is 2.07. The molecule has 0 bridgehead atoms. The molecule has 0 spiro atoms. The van der Waals surface area contributed by atoms with Crippen molar-refractivity contribution in [1.29, 1.82) is 0 Å². The van der Waals surface area contributed by atoms with Gasteiger partial charge in [0, 0.05) is 5.38 Å². The molecule has 0 aliphatic rings. The van der Waals surface area contributed by atoms with Crippen molar-refractivity contribution < 1.29 is 4.42 Å². The summed E-state index contributed by atoms with van der Waals surface area (Å²) in [5.74, 6) is 1.32. The Labute approximate surface area is 79.0 Å². The van der Waals surface area contributed by atoms with Crippen LogP contribution in [-0.4, -0.2) is 21.6 Å². The number of nitrogens with one attached hydrogen (secondary N) is 1. The van der Waals surface area contributed by atoms with Crippen LogP contribution in [-0.2, 0) is 6.54 Å². The lowest BCUT2D eigenvalue weighted by molar-refractivity contribution is 0.502. The van der Waals surface area contributed by atoms with Crippen LogP contribution in [0.5, 0.6) is 0 Å². The zero-order valence-corrected chi connectivity index (χ0v) is 7.84. The molecule has 0 atom stereocenters. The van der Waals surface area contributed by atoms with Gasteiger partial charge in [-0.05, 0) is 18.6 Å². The van der Waals surface area contributed by atoms with Crippen molar-refractivity contribution in [2.24, 2.45) is 0 Å². The van der Waals surface area contributed by atoms with Gasteiger partial charge < -0.3 is 9.73 Å². The molecule has 1 N–H and O–H groups in total. The van der Waals surface area contributed by atoms with Gasteiger partial charge in [0.05, 0.1) is 12.7 Å². The molecule has 2 rings (SSSR count). The maximum atomic E-state index is 5.40. The predicted molar refractivity (Wildman–Crippen MR) is 48.2 cm³/mol. The summed E-state index contributed by atoms with van der Waals surface area (Å²) < 4.78 is 9.13. The lowest BCUT2D eigenvalue weighted by Gasteiger charge is -1.90. The van der Waals surface area contributed by atoms with Gasteiger partial charge in [-0.3, -0.25) is 0 Å². The van der Waals surface area contributed by atoms with E-state index in [2.05, 4.69) is 19.9 Å². The minimum atomic E-state index is 0.527. The number of hydrogen-bond donors (Lipinski definition) is 1. The van der Waals surface area contributed by atoms with Crippen LogP contribution in [0, 0.1) is 0 Å². The number of aromatic nitrogens is 3. The van der Waals surface area contributed by atoms with Gasteiger partial charge in [0.15, 0.2) is 5.69 Å². The van der Waals surface area contributed by atoms with E-state index in [0.29, 0.717) is 18.1 Å². The first kappa shape index (κ1) is 8.33. The van der Waals surface area contributed by atoms with Crippen molar-refractivity contribution >= 4 is 11.5 Å². The second-order valence-electron chi connectivity index (χ2n) is 2.45. The van der Waals surface area contributed by atoms with Crippen molar-refractivity contribution in [2.75, 3.05) is 7.05 Å². The molecule has 0 aromatic carbocycles. The Morgan fingerprint density at radius 2 is 2.54 bits per heavy atom. The lowest BCUT2D eigenvalue weighted by atomic mass is 10.5. The molecular formula is C7H8N4OS. The minimum Gasteiger partial charge on any atom is -0.438 e. The van der Waals surface area contributed by atoms with Crippen molar-refractivity contribution in [3.8, 4) is 11.6 Å². The molecule has 2 aromatic heterocycles. The maximum absolute atomic E-state index is 5.40. The summed E-state index contributed by atoms with van der Waals surface area (Å²) in [6.07, 6.45) is 1.69. The number of oxazole rings is 1. The Hall–Kier alpha value is -1.27. The van der Waals surface area contributed by atoms with Crippen molar-refractivity contribution in [2.45, 2.75) is 6.54 Å². The third-order valence-electron chi connectivity index (χ3n) is 1.48. The number of hydrogen-bond acceptors (Lipinski definition) is 6. The van der Waals surface area contributed by atoms with Crippen LogP contribution in [0.25, 0.3) is 11.6 Å². The summed E-state index contributed by atoms with van der Waals surface area (Å²) in [7, 11) is 1.85. The smallest absolute Gasteiger partial charge is 0.248 e. The summed E-state index contributed by atoms with van der Waals surface area (Å²) in [5.41, 5.74) is 0.687.